The number of hydrogen-bond acceptors (Lipinski definition) is 2. The lowest BCUT2D eigenvalue weighted by molar-refractivity contribution is -0.137. The number of β-amino-alcohol motifs (C(OH)–C–C–N with tert-alkyl or cyclic N) is 1. The zero-order valence-electron chi connectivity index (χ0n) is 12.1. The fourth-order valence-electron chi connectivity index (χ4n) is 2.77. The van der Waals surface area contributed by atoms with Crippen LogP contribution in [0.3, 0.4) is 0 Å². The SMILES string of the molecule is OC(CN1CCCCCCC1)c1cccc(C(F)(F)F)c1. The Labute approximate surface area is 123 Å². The standard InChI is InChI=1S/C16H22F3NO/c17-16(18,19)14-8-6-7-13(11-14)15(21)12-20-9-4-2-1-3-5-10-20/h6-8,11,15,21H,1-5,9-10,12H2. The molecule has 1 heterocycles. The summed E-state index contributed by atoms with van der Waals surface area (Å²) in [5, 5.41) is 10.2. The molecule has 1 aliphatic rings. The maximum Gasteiger partial charge on any atom is 0.416 e. The molecule has 0 bridgehead atoms. The van der Waals surface area contributed by atoms with Gasteiger partial charge in [0.25, 0.3) is 0 Å². The number of aliphatic hydroxyl groups is 1. The number of benzene rings is 1. The van der Waals surface area contributed by atoms with E-state index in [0.29, 0.717) is 12.1 Å². The monoisotopic (exact) mass is 301 g/mol. The minimum Gasteiger partial charge on any atom is -0.387 e. The topological polar surface area (TPSA) is 23.5 Å². The van der Waals surface area contributed by atoms with Crippen LogP contribution in [0, 0.1) is 0 Å². The summed E-state index contributed by atoms with van der Waals surface area (Å²) < 4.78 is 38.1. The Morgan fingerprint density at radius 3 is 2.29 bits per heavy atom. The van der Waals surface area contributed by atoms with Crippen molar-refractivity contribution in [1.29, 1.82) is 0 Å². The molecule has 0 aromatic heterocycles. The minimum atomic E-state index is -4.36. The number of halogens is 3. The smallest absolute Gasteiger partial charge is 0.387 e. The molecule has 21 heavy (non-hydrogen) atoms. The number of rotatable bonds is 3. The Hall–Kier alpha value is -1.07. The number of likely N-dealkylation sites (tertiary alicyclic amines) is 1. The molecule has 0 amide bonds. The molecule has 1 aromatic rings. The second-order valence-electron chi connectivity index (χ2n) is 5.71. The highest BCUT2D eigenvalue weighted by molar-refractivity contribution is 5.27. The Morgan fingerprint density at radius 2 is 1.67 bits per heavy atom. The van der Waals surface area contributed by atoms with Crippen LogP contribution in [0.2, 0.25) is 0 Å². The molecule has 2 nitrogen and oxygen atoms in total. The quantitative estimate of drug-likeness (QED) is 0.912. The summed E-state index contributed by atoms with van der Waals surface area (Å²) >= 11 is 0. The number of alkyl halides is 3. The van der Waals surface area contributed by atoms with Gasteiger partial charge in [0.05, 0.1) is 11.7 Å². The zero-order valence-corrected chi connectivity index (χ0v) is 12.1. The van der Waals surface area contributed by atoms with Gasteiger partial charge in [0.15, 0.2) is 0 Å². The first-order valence-electron chi connectivity index (χ1n) is 7.54. The first-order chi connectivity index (χ1) is 9.97. The van der Waals surface area contributed by atoms with Crippen molar-refractivity contribution in [3.05, 3.63) is 35.4 Å². The van der Waals surface area contributed by atoms with Crippen molar-refractivity contribution in [2.45, 2.75) is 44.4 Å². The van der Waals surface area contributed by atoms with E-state index in [0.717, 1.165) is 38.1 Å². The van der Waals surface area contributed by atoms with Crippen molar-refractivity contribution in [3.8, 4) is 0 Å². The van der Waals surface area contributed by atoms with Crippen LogP contribution in [0.5, 0.6) is 0 Å². The minimum absolute atomic E-state index is 0.340. The second-order valence-corrected chi connectivity index (χ2v) is 5.71. The highest BCUT2D eigenvalue weighted by Crippen LogP contribution is 2.31. The first kappa shape index (κ1) is 16.3. The third kappa shape index (κ3) is 5.00. The van der Waals surface area contributed by atoms with Gasteiger partial charge in [-0.15, -0.1) is 0 Å². The van der Waals surface area contributed by atoms with Crippen molar-refractivity contribution in [2.75, 3.05) is 19.6 Å². The predicted octanol–water partition coefficient (Wildman–Crippen LogP) is 4.00. The Balaban J connectivity index is 2.00. The van der Waals surface area contributed by atoms with Crippen LogP contribution in [0.25, 0.3) is 0 Å². The molecule has 1 fully saturated rings. The van der Waals surface area contributed by atoms with Gasteiger partial charge in [-0.1, -0.05) is 31.4 Å². The van der Waals surface area contributed by atoms with Crippen molar-refractivity contribution in [2.24, 2.45) is 0 Å². The Morgan fingerprint density at radius 1 is 1.05 bits per heavy atom. The van der Waals surface area contributed by atoms with Gasteiger partial charge in [-0.05, 0) is 43.6 Å². The fraction of sp³-hybridized carbons (Fsp3) is 0.625. The van der Waals surface area contributed by atoms with Gasteiger partial charge >= 0.3 is 6.18 Å². The van der Waals surface area contributed by atoms with E-state index < -0.39 is 17.8 Å². The van der Waals surface area contributed by atoms with E-state index in [-0.39, 0.29) is 0 Å². The molecular weight excluding hydrogens is 279 g/mol. The largest absolute Gasteiger partial charge is 0.416 e. The second kappa shape index (κ2) is 7.27. The molecule has 0 aliphatic carbocycles. The molecule has 118 valence electrons. The summed E-state index contributed by atoms with van der Waals surface area (Å²) in [7, 11) is 0. The fourth-order valence-corrected chi connectivity index (χ4v) is 2.77. The zero-order chi connectivity index (χ0) is 15.3. The van der Waals surface area contributed by atoms with Crippen LogP contribution < -0.4 is 0 Å². The maximum atomic E-state index is 12.7. The molecule has 0 saturated carbocycles. The average Bonchev–Trinajstić information content (AvgIpc) is 2.41. The maximum absolute atomic E-state index is 12.7. The molecular formula is C16H22F3NO. The molecule has 5 heteroatoms. The van der Waals surface area contributed by atoms with Gasteiger partial charge in [-0.25, -0.2) is 0 Å². The van der Waals surface area contributed by atoms with E-state index in [1.54, 1.807) is 6.07 Å². The van der Waals surface area contributed by atoms with E-state index in [1.807, 2.05) is 0 Å². The van der Waals surface area contributed by atoms with Crippen molar-refractivity contribution < 1.29 is 18.3 Å². The molecule has 2 rings (SSSR count). The number of nitrogens with zero attached hydrogens (tertiary/aromatic N) is 1. The van der Waals surface area contributed by atoms with E-state index in [9.17, 15) is 18.3 Å². The molecule has 1 unspecified atom stereocenters. The van der Waals surface area contributed by atoms with Crippen LogP contribution in [-0.4, -0.2) is 29.6 Å². The lowest BCUT2D eigenvalue weighted by Crippen LogP contribution is -2.31. The summed E-state index contributed by atoms with van der Waals surface area (Å²) in [4.78, 5) is 2.16. The molecule has 1 atom stereocenters. The first-order valence-corrected chi connectivity index (χ1v) is 7.54. The van der Waals surface area contributed by atoms with Gasteiger partial charge in [-0.2, -0.15) is 13.2 Å². The van der Waals surface area contributed by atoms with E-state index in [2.05, 4.69) is 4.90 Å². The molecule has 0 radical (unpaired) electrons. The summed E-state index contributed by atoms with van der Waals surface area (Å²) in [6.45, 7) is 2.23. The average molecular weight is 301 g/mol. The number of aliphatic hydroxyl groups excluding tert-OH is 1. The van der Waals surface area contributed by atoms with Crippen molar-refractivity contribution >= 4 is 0 Å². The summed E-state index contributed by atoms with van der Waals surface area (Å²) in [5.41, 5.74) is -0.362. The highest BCUT2D eigenvalue weighted by atomic mass is 19.4. The molecule has 0 spiro atoms. The third-order valence-corrected chi connectivity index (χ3v) is 3.98. The normalized spacial score (nSPS) is 19.8. The predicted molar refractivity (Wildman–Crippen MR) is 75.9 cm³/mol. The van der Waals surface area contributed by atoms with Gasteiger partial charge in [0, 0.05) is 6.54 Å². The third-order valence-electron chi connectivity index (χ3n) is 3.98. The van der Waals surface area contributed by atoms with Gasteiger partial charge in [0.1, 0.15) is 0 Å². The van der Waals surface area contributed by atoms with Crippen molar-refractivity contribution in [3.63, 3.8) is 0 Å². The lowest BCUT2D eigenvalue weighted by Gasteiger charge is -2.27. The summed E-state index contributed by atoms with van der Waals surface area (Å²) in [5.74, 6) is 0. The van der Waals surface area contributed by atoms with E-state index in [4.69, 9.17) is 0 Å². The van der Waals surface area contributed by atoms with E-state index >= 15 is 0 Å². The van der Waals surface area contributed by atoms with Gasteiger partial charge in [0.2, 0.25) is 0 Å². The highest BCUT2D eigenvalue weighted by Gasteiger charge is 2.31. The summed E-state index contributed by atoms with van der Waals surface area (Å²) in [6.07, 6.45) is 0.587. The van der Waals surface area contributed by atoms with Crippen LogP contribution in [0.15, 0.2) is 24.3 Å². The van der Waals surface area contributed by atoms with Gasteiger partial charge < -0.3 is 10.0 Å². The Kier molecular flexibility index (Phi) is 5.65. The van der Waals surface area contributed by atoms with Crippen LogP contribution in [0.4, 0.5) is 13.2 Å². The Bertz CT molecular complexity index is 439. The molecule has 1 saturated heterocycles. The summed E-state index contributed by atoms with van der Waals surface area (Å²) in [6, 6.07) is 5.00. The molecule has 1 aromatic carbocycles. The van der Waals surface area contributed by atoms with Gasteiger partial charge in [-0.3, -0.25) is 0 Å². The van der Waals surface area contributed by atoms with Crippen LogP contribution in [0.1, 0.15) is 49.3 Å². The van der Waals surface area contributed by atoms with E-state index in [1.165, 1.54) is 25.3 Å². The molecule has 1 N–H and O–H groups in total. The molecule has 1 aliphatic heterocycles. The van der Waals surface area contributed by atoms with Crippen molar-refractivity contribution in [1.82, 2.24) is 4.90 Å². The van der Waals surface area contributed by atoms with Crippen LogP contribution >= 0.6 is 0 Å². The lowest BCUT2D eigenvalue weighted by atomic mass is 10.0. The van der Waals surface area contributed by atoms with Crippen LogP contribution in [-0.2, 0) is 6.18 Å². The number of hydrogen-bond donors (Lipinski definition) is 1.